The van der Waals surface area contributed by atoms with Crippen molar-refractivity contribution in [1.82, 2.24) is 10.2 Å². The third kappa shape index (κ3) is 7.25. The first-order valence-electron chi connectivity index (χ1n) is 8.01. The molecule has 5 heteroatoms. The van der Waals surface area contributed by atoms with Crippen molar-refractivity contribution in [3.8, 4) is 0 Å². The van der Waals surface area contributed by atoms with Gasteiger partial charge in [-0.2, -0.15) is 0 Å². The number of likely N-dealkylation sites (N-methyl/N-ethyl adjacent to an activating group) is 1. The van der Waals surface area contributed by atoms with Crippen LogP contribution in [0.5, 0.6) is 0 Å². The summed E-state index contributed by atoms with van der Waals surface area (Å²) in [5.41, 5.74) is -0.591. The van der Waals surface area contributed by atoms with Crippen molar-refractivity contribution in [1.29, 1.82) is 0 Å². The summed E-state index contributed by atoms with van der Waals surface area (Å²) in [6, 6.07) is 0.531. The van der Waals surface area contributed by atoms with Crippen LogP contribution in [0.2, 0.25) is 0 Å². The fraction of sp³-hybridized carbons (Fsp3) is 0.938. The van der Waals surface area contributed by atoms with Crippen LogP contribution in [0.3, 0.4) is 0 Å². The Hall–Kier alpha value is -0.650. The minimum absolute atomic E-state index is 0.184. The Bertz CT molecular complexity index is 287. The van der Waals surface area contributed by atoms with Gasteiger partial charge in [0.25, 0.3) is 0 Å². The summed E-state index contributed by atoms with van der Waals surface area (Å²) in [5, 5.41) is 3.25. The highest BCUT2D eigenvalue weighted by Gasteiger charge is 2.32. The van der Waals surface area contributed by atoms with E-state index in [4.69, 9.17) is 9.47 Å². The molecule has 0 rings (SSSR count). The maximum Gasteiger partial charge on any atom is 0.325 e. The van der Waals surface area contributed by atoms with Crippen LogP contribution in [0, 0.1) is 0 Å². The van der Waals surface area contributed by atoms with E-state index in [0.29, 0.717) is 6.04 Å². The molecular formula is C16H34N2O3. The van der Waals surface area contributed by atoms with Gasteiger partial charge < -0.3 is 14.8 Å². The van der Waals surface area contributed by atoms with Gasteiger partial charge in [0.1, 0.15) is 5.54 Å². The monoisotopic (exact) mass is 302 g/mol. The van der Waals surface area contributed by atoms with Gasteiger partial charge in [0.2, 0.25) is 0 Å². The lowest BCUT2D eigenvalue weighted by molar-refractivity contribution is -0.148. The van der Waals surface area contributed by atoms with Crippen molar-refractivity contribution in [3.63, 3.8) is 0 Å². The predicted octanol–water partition coefficient (Wildman–Crippen LogP) is 2.05. The van der Waals surface area contributed by atoms with Crippen LogP contribution in [0.1, 0.15) is 47.0 Å². The number of nitrogens with zero attached hydrogens (tertiary/aromatic N) is 1. The highest BCUT2D eigenvalue weighted by molar-refractivity contribution is 5.80. The van der Waals surface area contributed by atoms with Crippen LogP contribution in [0.15, 0.2) is 0 Å². The molecule has 2 unspecified atom stereocenters. The zero-order valence-electron chi connectivity index (χ0n) is 14.7. The molecule has 21 heavy (non-hydrogen) atoms. The summed E-state index contributed by atoms with van der Waals surface area (Å²) in [5.74, 6) is -0.184. The second kappa shape index (κ2) is 11.0. The Morgan fingerprint density at radius 2 is 1.95 bits per heavy atom. The van der Waals surface area contributed by atoms with Crippen LogP contribution in [-0.4, -0.2) is 62.9 Å². The molecule has 2 atom stereocenters. The van der Waals surface area contributed by atoms with E-state index < -0.39 is 5.54 Å². The molecule has 0 aliphatic carbocycles. The molecule has 0 fully saturated rings. The molecule has 0 aliphatic rings. The Morgan fingerprint density at radius 1 is 1.29 bits per heavy atom. The standard InChI is InChI=1S/C16H34N2O3/c1-7-14(3)18(12-13-20-5)11-9-10-16(4,17-8-2)15(19)21-6/h14,17H,7-13H2,1-6H3. The van der Waals surface area contributed by atoms with Crippen LogP contribution in [-0.2, 0) is 14.3 Å². The van der Waals surface area contributed by atoms with Crippen molar-refractivity contribution in [3.05, 3.63) is 0 Å². The molecule has 0 saturated carbocycles. The van der Waals surface area contributed by atoms with Crippen LogP contribution >= 0.6 is 0 Å². The number of esters is 1. The Morgan fingerprint density at radius 3 is 2.43 bits per heavy atom. The minimum Gasteiger partial charge on any atom is -0.468 e. The van der Waals surface area contributed by atoms with E-state index in [0.717, 1.165) is 45.5 Å². The molecule has 0 amide bonds. The van der Waals surface area contributed by atoms with E-state index in [-0.39, 0.29) is 5.97 Å². The summed E-state index contributed by atoms with van der Waals surface area (Å²) in [7, 11) is 3.18. The molecule has 0 aromatic rings. The molecule has 0 aromatic heterocycles. The molecule has 0 aliphatic heterocycles. The molecule has 1 N–H and O–H groups in total. The number of rotatable bonds is 12. The number of ether oxygens (including phenoxy) is 2. The number of carbonyl (C=O) groups is 1. The number of carbonyl (C=O) groups excluding carboxylic acids is 1. The minimum atomic E-state index is -0.591. The van der Waals surface area contributed by atoms with Crippen LogP contribution in [0.25, 0.3) is 0 Å². The average Bonchev–Trinajstić information content (AvgIpc) is 2.49. The molecule has 0 bridgehead atoms. The summed E-state index contributed by atoms with van der Waals surface area (Å²) in [4.78, 5) is 14.4. The fourth-order valence-electron chi connectivity index (χ4n) is 2.53. The van der Waals surface area contributed by atoms with E-state index in [1.54, 1.807) is 7.11 Å². The van der Waals surface area contributed by atoms with E-state index in [9.17, 15) is 4.79 Å². The quantitative estimate of drug-likeness (QED) is 0.559. The van der Waals surface area contributed by atoms with Gasteiger partial charge in [0.15, 0.2) is 0 Å². The average molecular weight is 302 g/mol. The second-order valence-electron chi connectivity index (χ2n) is 5.74. The smallest absolute Gasteiger partial charge is 0.325 e. The molecule has 0 aromatic carbocycles. The molecule has 0 spiro atoms. The molecule has 5 nitrogen and oxygen atoms in total. The topological polar surface area (TPSA) is 50.8 Å². The summed E-state index contributed by atoms with van der Waals surface area (Å²) >= 11 is 0. The first-order valence-corrected chi connectivity index (χ1v) is 8.01. The van der Waals surface area contributed by atoms with E-state index in [2.05, 4.69) is 24.1 Å². The van der Waals surface area contributed by atoms with Crippen molar-refractivity contribution < 1.29 is 14.3 Å². The van der Waals surface area contributed by atoms with Gasteiger partial charge in [-0.3, -0.25) is 9.69 Å². The van der Waals surface area contributed by atoms with Gasteiger partial charge >= 0.3 is 5.97 Å². The lowest BCUT2D eigenvalue weighted by Gasteiger charge is -2.31. The van der Waals surface area contributed by atoms with Crippen molar-refractivity contribution >= 4 is 5.97 Å². The largest absolute Gasteiger partial charge is 0.468 e. The highest BCUT2D eigenvalue weighted by Crippen LogP contribution is 2.16. The first kappa shape index (κ1) is 20.3. The first-order chi connectivity index (χ1) is 9.95. The van der Waals surface area contributed by atoms with Gasteiger partial charge in [0.05, 0.1) is 13.7 Å². The third-order valence-electron chi connectivity index (χ3n) is 4.12. The number of hydrogen-bond donors (Lipinski definition) is 1. The zero-order valence-corrected chi connectivity index (χ0v) is 14.7. The van der Waals surface area contributed by atoms with E-state index in [1.807, 2.05) is 13.8 Å². The van der Waals surface area contributed by atoms with Crippen LogP contribution < -0.4 is 5.32 Å². The molecule has 0 saturated heterocycles. The fourth-order valence-corrected chi connectivity index (χ4v) is 2.53. The van der Waals surface area contributed by atoms with Crippen LogP contribution in [0.4, 0.5) is 0 Å². The van der Waals surface area contributed by atoms with Gasteiger partial charge in [-0.1, -0.05) is 13.8 Å². The van der Waals surface area contributed by atoms with Gasteiger partial charge in [-0.25, -0.2) is 0 Å². The summed E-state index contributed by atoms with van der Waals surface area (Å²) in [6.45, 7) is 11.8. The van der Waals surface area contributed by atoms with Gasteiger partial charge in [-0.05, 0) is 46.2 Å². The summed E-state index contributed by atoms with van der Waals surface area (Å²) < 4.78 is 10.1. The second-order valence-corrected chi connectivity index (χ2v) is 5.74. The number of nitrogens with one attached hydrogen (secondary N) is 1. The van der Waals surface area contributed by atoms with Crippen molar-refractivity contribution in [2.24, 2.45) is 0 Å². The third-order valence-corrected chi connectivity index (χ3v) is 4.12. The Kier molecular flexibility index (Phi) is 10.6. The zero-order chi connectivity index (χ0) is 16.3. The lowest BCUT2D eigenvalue weighted by Crippen LogP contribution is -2.50. The van der Waals surface area contributed by atoms with E-state index >= 15 is 0 Å². The van der Waals surface area contributed by atoms with Crippen molar-refractivity contribution in [2.45, 2.75) is 58.5 Å². The van der Waals surface area contributed by atoms with Gasteiger partial charge in [-0.15, -0.1) is 0 Å². The van der Waals surface area contributed by atoms with Crippen molar-refractivity contribution in [2.75, 3.05) is 40.5 Å². The normalized spacial score (nSPS) is 15.8. The maximum atomic E-state index is 11.9. The lowest BCUT2D eigenvalue weighted by atomic mass is 9.95. The molecule has 126 valence electrons. The SMILES string of the molecule is CCNC(C)(CCCN(CCOC)C(C)CC)C(=O)OC. The Balaban J connectivity index is 4.46. The highest BCUT2D eigenvalue weighted by atomic mass is 16.5. The maximum absolute atomic E-state index is 11.9. The molecular weight excluding hydrogens is 268 g/mol. The molecule has 0 heterocycles. The number of methoxy groups -OCH3 is 2. The molecule has 0 radical (unpaired) electrons. The van der Waals surface area contributed by atoms with Gasteiger partial charge in [0, 0.05) is 19.7 Å². The predicted molar refractivity (Wildman–Crippen MR) is 86.5 cm³/mol. The Labute approximate surface area is 130 Å². The summed E-state index contributed by atoms with van der Waals surface area (Å²) in [6.07, 6.45) is 2.84. The number of hydrogen-bond acceptors (Lipinski definition) is 5. The van der Waals surface area contributed by atoms with E-state index in [1.165, 1.54) is 7.11 Å².